The molecule has 3 heterocycles. The standard InChI is InChI=1S/C60H37N3O/c1-2-36-28-31-39(32-29-36)62(53-27-13-22-46-45-21-11-15-38(35-61)58(45)64-59(46)53)54-34-50-56(43-19-6-5-17-41(43)54)55-40-16-4-3-14-37(40)30-33-48(55)60(50)47-23-8-10-26-52(47)63-51-25-9-7-18-42(51)44-20-12-24-49(60)57(44)63/h3-34H,2H2,1H3. The molecule has 2 aromatic heterocycles. The number of aromatic nitrogens is 1. The number of nitrogens with zero attached hydrogens (tertiary/aromatic N) is 3. The topological polar surface area (TPSA) is 45.1 Å². The number of benzene rings is 10. The molecule has 64 heavy (non-hydrogen) atoms. The van der Waals surface area contributed by atoms with Crippen molar-refractivity contribution < 1.29 is 4.42 Å². The van der Waals surface area contributed by atoms with Crippen LogP contribution in [-0.2, 0) is 11.8 Å². The fraction of sp³-hybridized carbons (Fsp3) is 0.0500. The molecule has 2 aliphatic rings. The molecule has 1 unspecified atom stereocenters. The average molecular weight is 816 g/mol. The van der Waals surface area contributed by atoms with E-state index in [0.717, 1.165) is 45.2 Å². The van der Waals surface area contributed by atoms with Gasteiger partial charge in [0.1, 0.15) is 6.07 Å². The van der Waals surface area contributed by atoms with Crippen molar-refractivity contribution in [3.8, 4) is 22.9 Å². The molecular formula is C60H37N3O. The van der Waals surface area contributed by atoms with Crippen LogP contribution in [0.5, 0.6) is 0 Å². The summed E-state index contributed by atoms with van der Waals surface area (Å²) in [6, 6.07) is 73.6. The molecule has 0 saturated carbocycles. The Morgan fingerprint density at radius 2 is 1.17 bits per heavy atom. The Labute approximate surface area is 369 Å². The van der Waals surface area contributed by atoms with Gasteiger partial charge in [-0.2, -0.15) is 5.26 Å². The highest BCUT2D eigenvalue weighted by atomic mass is 16.3. The van der Waals surface area contributed by atoms with Crippen LogP contribution < -0.4 is 4.90 Å². The quantitative estimate of drug-likeness (QED) is 0.178. The molecule has 1 aliphatic heterocycles. The van der Waals surface area contributed by atoms with Crippen molar-refractivity contribution in [3.63, 3.8) is 0 Å². The van der Waals surface area contributed by atoms with Gasteiger partial charge in [0.2, 0.25) is 0 Å². The molecule has 4 heteroatoms. The summed E-state index contributed by atoms with van der Waals surface area (Å²) in [6.07, 6.45) is 0.939. The number of nitriles is 1. The molecule has 0 bridgehead atoms. The average Bonchev–Trinajstić information content (AvgIpc) is 4.01. The van der Waals surface area contributed by atoms with Crippen molar-refractivity contribution in [1.29, 1.82) is 5.26 Å². The Kier molecular flexibility index (Phi) is 7.06. The number of aryl methyl sites for hydroxylation is 1. The van der Waals surface area contributed by atoms with Crippen molar-refractivity contribution in [2.45, 2.75) is 18.8 Å². The van der Waals surface area contributed by atoms with E-state index in [9.17, 15) is 5.26 Å². The molecule has 12 aromatic rings. The van der Waals surface area contributed by atoms with E-state index in [0.29, 0.717) is 11.1 Å². The fourth-order valence-electron chi connectivity index (χ4n) is 11.7. The van der Waals surface area contributed by atoms with E-state index in [2.05, 4.69) is 204 Å². The van der Waals surface area contributed by atoms with Crippen molar-refractivity contribution in [2.75, 3.05) is 4.90 Å². The Bertz CT molecular complexity index is 4030. The molecule has 0 fully saturated rings. The number of hydrogen-bond donors (Lipinski definition) is 0. The maximum Gasteiger partial charge on any atom is 0.159 e. The molecule has 4 nitrogen and oxygen atoms in total. The molecular weight excluding hydrogens is 779 g/mol. The fourth-order valence-corrected chi connectivity index (χ4v) is 11.7. The molecule has 0 saturated heterocycles. The summed E-state index contributed by atoms with van der Waals surface area (Å²) in [5, 5.41) is 19.4. The number of furan rings is 1. The summed E-state index contributed by atoms with van der Waals surface area (Å²) >= 11 is 0. The summed E-state index contributed by atoms with van der Waals surface area (Å²) in [5.41, 5.74) is 16.7. The maximum atomic E-state index is 10.2. The molecule has 0 amide bonds. The number of rotatable bonds is 4. The van der Waals surface area contributed by atoms with E-state index in [-0.39, 0.29) is 0 Å². The lowest BCUT2D eigenvalue weighted by Crippen LogP contribution is -2.33. The number of para-hydroxylation sites is 5. The molecule has 10 aromatic carbocycles. The van der Waals surface area contributed by atoms with E-state index < -0.39 is 5.41 Å². The zero-order valence-electron chi connectivity index (χ0n) is 34.9. The van der Waals surface area contributed by atoms with Gasteiger partial charge in [-0.1, -0.05) is 159 Å². The van der Waals surface area contributed by atoms with Gasteiger partial charge in [-0.15, -0.1) is 0 Å². The van der Waals surface area contributed by atoms with E-state index in [1.54, 1.807) is 0 Å². The second-order valence-electron chi connectivity index (χ2n) is 17.3. The third-order valence-electron chi connectivity index (χ3n) is 14.4. The number of fused-ring (bicyclic) bond motifs is 19. The van der Waals surface area contributed by atoms with Gasteiger partial charge < -0.3 is 13.9 Å². The summed E-state index contributed by atoms with van der Waals surface area (Å²) < 4.78 is 9.39. The monoisotopic (exact) mass is 815 g/mol. The van der Waals surface area contributed by atoms with E-state index in [1.807, 2.05) is 12.1 Å². The number of anilines is 3. The van der Waals surface area contributed by atoms with Crippen molar-refractivity contribution in [1.82, 2.24) is 4.57 Å². The van der Waals surface area contributed by atoms with Gasteiger partial charge in [0.15, 0.2) is 11.2 Å². The van der Waals surface area contributed by atoms with Crippen LogP contribution in [0.1, 0.15) is 40.3 Å². The van der Waals surface area contributed by atoms with Gasteiger partial charge in [-0.05, 0) is 104 Å². The minimum atomic E-state index is -0.682. The number of hydrogen-bond acceptors (Lipinski definition) is 3. The molecule has 0 N–H and O–H groups in total. The smallest absolute Gasteiger partial charge is 0.159 e. The Hall–Kier alpha value is -8.39. The van der Waals surface area contributed by atoms with Crippen LogP contribution in [0.15, 0.2) is 199 Å². The highest BCUT2D eigenvalue weighted by Crippen LogP contribution is 2.64. The van der Waals surface area contributed by atoms with Gasteiger partial charge in [0.25, 0.3) is 0 Å². The second kappa shape index (κ2) is 12.8. The van der Waals surface area contributed by atoms with E-state index >= 15 is 0 Å². The zero-order chi connectivity index (χ0) is 42.3. The van der Waals surface area contributed by atoms with Crippen LogP contribution in [0.3, 0.4) is 0 Å². The van der Waals surface area contributed by atoms with Gasteiger partial charge in [-0.25, -0.2) is 0 Å². The lowest BCUT2D eigenvalue weighted by molar-refractivity contribution is 0.668. The SMILES string of the molecule is CCc1ccc(N(c2cc3c(c4ccccc24)-c2c(ccc4ccccc24)C32c3ccccc3-n3c4ccccc4c4cccc2c43)c2cccc3c2oc2c(C#N)cccc23)cc1. The third kappa shape index (κ3) is 4.35. The molecule has 0 radical (unpaired) electrons. The summed E-state index contributed by atoms with van der Waals surface area (Å²) in [6.45, 7) is 2.20. The first-order chi connectivity index (χ1) is 31.7. The van der Waals surface area contributed by atoms with Crippen LogP contribution in [-0.4, -0.2) is 4.57 Å². The first-order valence-corrected chi connectivity index (χ1v) is 22.1. The molecule has 1 spiro atoms. The lowest BCUT2D eigenvalue weighted by atomic mass is 9.65. The molecule has 1 aliphatic carbocycles. The van der Waals surface area contributed by atoms with E-state index in [1.165, 1.54) is 82.6 Å². The Balaban J connectivity index is 1.18. The minimum absolute atomic E-state index is 0.524. The van der Waals surface area contributed by atoms with Crippen LogP contribution >= 0.6 is 0 Å². The predicted molar refractivity (Wildman–Crippen MR) is 263 cm³/mol. The van der Waals surface area contributed by atoms with Crippen LogP contribution in [0.2, 0.25) is 0 Å². The minimum Gasteiger partial charge on any atom is -0.452 e. The molecule has 298 valence electrons. The Morgan fingerprint density at radius 1 is 0.516 bits per heavy atom. The normalized spacial score (nSPS) is 14.8. The van der Waals surface area contributed by atoms with Gasteiger partial charge >= 0.3 is 0 Å². The summed E-state index contributed by atoms with van der Waals surface area (Å²) in [7, 11) is 0. The van der Waals surface area contributed by atoms with Gasteiger partial charge in [0, 0.05) is 32.6 Å². The summed E-state index contributed by atoms with van der Waals surface area (Å²) in [5.74, 6) is 0. The van der Waals surface area contributed by atoms with Gasteiger partial charge in [-0.3, -0.25) is 0 Å². The van der Waals surface area contributed by atoms with Crippen LogP contribution in [0.25, 0.3) is 82.1 Å². The first kappa shape index (κ1) is 35.2. The zero-order valence-corrected chi connectivity index (χ0v) is 34.9. The lowest BCUT2D eigenvalue weighted by Gasteiger charge is -2.40. The summed E-state index contributed by atoms with van der Waals surface area (Å²) in [4.78, 5) is 2.40. The van der Waals surface area contributed by atoms with Crippen LogP contribution in [0.4, 0.5) is 17.1 Å². The Morgan fingerprint density at radius 3 is 2.02 bits per heavy atom. The van der Waals surface area contributed by atoms with Crippen molar-refractivity contribution in [3.05, 3.63) is 228 Å². The van der Waals surface area contributed by atoms with Crippen molar-refractivity contribution >= 4 is 82.4 Å². The highest BCUT2D eigenvalue weighted by Gasteiger charge is 2.52. The molecule has 14 rings (SSSR count). The van der Waals surface area contributed by atoms with Gasteiger partial charge in [0.05, 0.1) is 39.1 Å². The third-order valence-corrected chi connectivity index (χ3v) is 14.4. The van der Waals surface area contributed by atoms with Crippen LogP contribution in [0, 0.1) is 11.3 Å². The van der Waals surface area contributed by atoms with Crippen molar-refractivity contribution in [2.24, 2.45) is 0 Å². The van der Waals surface area contributed by atoms with E-state index in [4.69, 9.17) is 4.42 Å². The second-order valence-corrected chi connectivity index (χ2v) is 17.3. The molecule has 1 atom stereocenters. The predicted octanol–water partition coefficient (Wildman–Crippen LogP) is 15.6. The first-order valence-electron chi connectivity index (χ1n) is 22.1. The maximum absolute atomic E-state index is 10.2. The largest absolute Gasteiger partial charge is 0.452 e. The highest BCUT2D eigenvalue weighted by molar-refractivity contribution is 6.19.